The molecule has 3 aromatic rings. The van der Waals surface area contributed by atoms with Gasteiger partial charge in [0, 0.05) is 4.47 Å². The number of hydrogen-bond donors (Lipinski definition) is 0. The van der Waals surface area contributed by atoms with E-state index in [9.17, 15) is 4.39 Å². The second kappa shape index (κ2) is 5.19. The summed E-state index contributed by atoms with van der Waals surface area (Å²) in [7, 11) is 0. The van der Waals surface area contributed by atoms with E-state index < -0.39 is 0 Å². The predicted molar refractivity (Wildman–Crippen MR) is 83.0 cm³/mol. The smallest absolute Gasteiger partial charge is 0.151 e. The molecule has 1 unspecified atom stereocenters. The third kappa shape index (κ3) is 2.13. The summed E-state index contributed by atoms with van der Waals surface area (Å²) >= 11 is 9.73. The van der Waals surface area contributed by atoms with Crippen molar-refractivity contribution in [3.63, 3.8) is 0 Å². The van der Waals surface area contributed by atoms with E-state index in [4.69, 9.17) is 11.6 Å². The minimum atomic E-state index is -0.341. The predicted octanol–water partition coefficient (Wildman–Crippen LogP) is 5.23. The molecule has 2 aromatic carbocycles. The van der Waals surface area contributed by atoms with Crippen LogP contribution >= 0.6 is 27.5 Å². The Morgan fingerprint density at radius 1 is 1.20 bits per heavy atom. The summed E-state index contributed by atoms with van der Waals surface area (Å²) in [6.07, 6.45) is 0. The lowest BCUT2D eigenvalue weighted by molar-refractivity contribution is 0.637. The number of fused-ring (bicyclic) bond motifs is 1. The van der Waals surface area contributed by atoms with Crippen LogP contribution in [0.4, 0.5) is 4.39 Å². The van der Waals surface area contributed by atoms with Crippen molar-refractivity contribution < 1.29 is 4.39 Å². The molecule has 0 saturated carbocycles. The highest BCUT2D eigenvalue weighted by Crippen LogP contribution is 2.32. The Labute approximate surface area is 129 Å². The molecule has 0 N–H and O–H groups in total. The molecule has 0 fully saturated rings. The van der Waals surface area contributed by atoms with E-state index in [1.807, 2.05) is 41.8 Å². The Hall–Kier alpha value is -1.39. The average molecular weight is 354 g/mol. The molecule has 0 radical (unpaired) electrons. The first-order chi connectivity index (χ1) is 9.59. The second-order valence-corrected chi connectivity index (χ2v) is 5.99. The van der Waals surface area contributed by atoms with Crippen LogP contribution in [0, 0.1) is 5.82 Å². The fourth-order valence-electron chi connectivity index (χ4n) is 2.24. The third-order valence-corrected chi connectivity index (χ3v) is 3.98. The van der Waals surface area contributed by atoms with Crippen LogP contribution in [0.3, 0.4) is 0 Å². The normalized spacial score (nSPS) is 12.8. The molecule has 0 aliphatic heterocycles. The van der Waals surface area contributed by atoms with Gasteiger partial charge in [0.2, 0.25) is 0 Å². The van der Waals surface area contributed by atoms with Crippen LogP contribution in [0.5, 0.6) is 0 Å². The van der Waals surface area contributed by atoms with E-state index in [-0.39, 0.29) is 11.2 Å². The SMILES string of the molecule is CC(Cl)c1nc2c(F)cccc2n1-c1ccccc1Br. The lowest BCUT2D eigenvalue weighted by Crippen LogP contribution is -2.02. The molecule has 0 bridgehead atoms. The Bertz CT molecular complexity index is 783. The number of imidazole rings is 1. The van der Waals surface area contributed by atoms with Crippen LogP contribution in [0.2, 0.25) is 0 Å². The van der Waals surface area contributed by atoms with E-state index in [2.05, 4.69) is 20.9 Å². The molecular formula is C15H11BrClFN2. The van der Waals surface area contributed by atoms with Crippen molar-refractivity contribution in [2.24, 2.45) is 0 Å². The first kappa shape index (κ1) is 13.6. The van der Waals surface area contributed by atoms with Gasteiger partial charge in [0.05, 0.1) is 16.6 Å². The summed E-state index contributed by atoms with van der Waals surface area (Å²) in [6, 6.07) is 12.7. The van der Waals surface area contributed by atoms with Crippen LogP contribution < -0.4 is 0 Å². The lowest BCUT2D eigenvalue weighted by atomic mass is 10.2. The summed E-state index contributed by atoms with van der Waals surface area (Å²) in [6.45, 7) is 1.83. The van der Waals surface area contributed by atoms with Gasteiger partial charge in [-0.2, -0.15) is 0 Å². The monoisotopic (exact) mass is 352 g/mol. The van der Waals surface area contributed by atoms with Gasteiger partial charge < -0.3 is 0 Å². The maximum atomic E-state index is 13.9. The molecular weight excluding hydrogens is 343 g/mol. The van der Waals surface area contributed by atoms with Crippen molar-refractivity contribution in [1.82, 2.24) is 9.55 Å². The maximum Gasteiger partial charge on any atom is 0.151 e. The van der Waals surface area contributed by atoms with Gasteiger partial charge in [0.25, 0.3) is 0 Å². The number of halogens is 3. The van der Waals surface area contributed by atoms with E-state index in [0.717, 1.165) is 10.2 Å². The Morgan fingerprint density at radius 3 is 2.65 bits per heavy atom. The van der Waals surface area contributed by atoms with Crippen LogP contribution in [-0.2, 0) is 0 Å². The molecule has 1 aromatic heterocycles. The van der Waals surface area contributed by atoms with Crippen molar-refractivity contribution in [3.8, 4) is 5.69 Å². The van der Waals surface area contributed by atoms with E-state index >= 15 is 0 Å². The number of rotatable bonds is 2. The largest absolute Gasteiger partial charge is 0.294 e. The van der Waals surface area contributed by atoms with Gasteiger partial charge in [0.1, 0.15) is 11.3 Å². The summed E-state index contributed by atoms with van der Waals surface area (Å²) in [4.78, 5) is 4.36. The number of nitrogens with zero attached hydrogens (tertiary/aromatic N) is 2. The zero-order valence-electron chi connectivity index (χ0n) is 10.6. The molecule has 1 heterocycles. The second-order valence-electron chi connectivity index (χ2n) is 4.48. The molecule has 20 heavy (non-hydrogen) atoms. The van der Waals surface area contributed by atoms with E-state index in [1.54, 1.807) is 6.07 Å². The van der Waals surface area contributed by atoms with Crippen molar-refractivity contribution in [1.29, 1.82) is 0 Å². The number of aromatic nitrogens is 2. The van der Waals surface area contributed by atoms with Crippen LogP contribution in [0.1, 0.15) is 18.1 Å². The van der Waals surface area contributed by atoms with Crippen molar-refractivity contribution in [3.05, 3.63) is 58.6 Å². The van der Waals surface area contributed by atoms with E-state index in [0.29, 0.717) is 16.9 Å². The molecule has 1 atom stereocenters. The molecule has 0 saturated heterocycles. The minimum Gasteiger partial charge on any atom is -0.294 e. The molecule has 0 spiro atoms. The molecule has 0 aliphatic rings. The number of para-hydroxylation sites is 2. The third-order valence-electron chi connectivity index (χ3n) is 3.11. The van der Waals surface area contributed by atoms with Gasteiger partial charge in [-0.3, -0.25) is 4.57 Å². The Balaban J connectivity index is 2.42. The summed E-state index contributed by atoms with van der Waals surface area (Å²) in [5.41, 5.74) is 1.94. The topological polar surface area (TPSA) is 17.8 Å². The fourth-order valence-corrected chi connectivity index (χ4v) is 2.84. The first-order valence-corrected chi connectivity index (χ1v) is 7.38. The highest BCUT2D eigenvalue weighted by Gasteiger charge is 2.19. The van der Waals surface area contributed by atoms with Gasteiger partial charge in [-0.1, -0.05) is 18.2 Å². The summed E-state index contributed by atoms with van der Waals surface area (Å²) < 4.78 is 16.7. The van der Waals surface area contributed by atoms with Gasteiger partial charge >= 0.3 is 0 Å². The van der Waals surface area contributed by atoms with Crippen LogP contribution in [0.15, 0.2) is 46.9 Å². The fraction of sp³-hybridized carbons (Fsp3) is 0.133. The van der Waals surface area contributed by atoms with Gasteiger partial charge in [-0.05, 0) is 47.1 Å². The minimum absolute atomic E-state index is 0.325. The Kier molecular flexibility index (Phi) is 3.52. The summed E-state index contributed by atoms with van der Waals surface area (Å²) in [5, 5.41) is -0.325. The molecule has 0 aliphatic carbocycles. The van der Waals surface area contributed by atoms with Crippen molar-refractivity contribution in [2.75, 3.05) is 0 Å². The first-order valence-electron chi connectivity index (χ1n) is 6.15. The van der Waals surface area contributed by atoms with Crippen LogP contribution in [-0.4, -0.2) is 9.55 Å². The van der Waals surface area contributed by atoms with Gasteiger partial charge in [-0.15, -0.1) is 11.6 Å². The molecule has 102 valence electrons. The number of alkyl halides is 1. The number of benzene rings is 2. The van der Waals surface area contributed by atoms with Crippen molar-refractivity contribution >= 4 is 38.6 Å². The summed E-state index contributed by atoms with van der Waals surface area (Å²) in [5.74, 6) is 0.283. The van der Waals surface area contributed by atoms with Crippen LogP contribution in [0.25, 0.3) is 16.7 Å². The quantitative estimate of drug-likeness (QED) is 0.577. The Morgan fingerprint density at radius 2 is 1.95 bits per heavy atom. The average Bonchev–Trinajstić information content (AvgIpc) is 2.80. The zero-order chi connectivity index (χ0) is 14.3. The molecule has 3 rings (SSSR count). The highest BCUT2D eigenvalue weighted by atomic mass is 79.9. The molecule has 5 heteroatoms. The lowest BCUT2D eigenvalue weighted by Gasteiger charge is -2.12. The number of hydrogen-bond acceptors (Lipinski definition) is 1. The molecule has 0 amide bonds. The van der Waals surface area contributed by atoms with Gasteiger partial charge in [-0.25, -0.2) is 9.37 Å². The molecule has 2 nitrogen and oxygen atoms in total. The van der Waals surface area contributed by atoms with Crippen molar-refractivity contribution in [2.45, 2.75) is 12.3 Å². The zero-order valence-corrected chi connectivity index (χ0v) is 13.0. The highest BCUT2D eigenvalue weighted by molar-refractivity contribution is 9.10. The standard InChI is InChI=1S/C15H11BrClFN2/c1-9(17)15-19-14-11(18)6-4-8-13(14)20(15)12-7-3-2-5-10(12)16/h2-9H,1H3. The maximum absolute atomic E-state index is 13.9. The van der Waals surface area contributed by atoms with E-state index in [1.165, 1.54) is 6.07 Å². The van der Waals surface area contributed by atoms with Gasteiger partial charge in [0.15, 0.2) is 5.82 Å².